The number of nitriles is 1. The monoisotopic (exact) mass is 516 g/mol. The highest BCUT2D eigenvalue weighted by molar-refractivity contribution is 7.80. The molecule has 5 aromatic rings. The highest BCUT2D eigenvalue weighted by atomic mass is 32.1. The molecule has 6 nitrogen and oxygen atoms in total. The smallest absolute Gasteiger partial charge is 0.209 e. The topological polar surface area (TPSA) is 99.1 Å². The predicted molar refractivity (Wildman–Crippen MR) is 160 cm³/mol. The van der Waals surface area contributed by atoms with E-state index >= 15 is 0 Å². The van der Waals surface area contributed by atoms with Crippen molar-refractivity contribution in [1.82, 2.24) is 10.3 Å². The largest absolute Gasteiger partial charge is 0.399 e. The van der Waals surface area contributed by atoms with Gasteiger partial charge in [0, 0.05) is 21.7 Å². The van der Waals surface area contributed by atoms with Crippen LogP contribution in [-0.4, -0.2) is 10.9 Å². The lowest BCUT2D eigenvalue weighted by molar-refractivity contribution is 1.04. The minimum Gasteiger partial charge on any atom is -0.399 e. The van der Waals surface area contributed by atoms with E-state index in [2.05, 4.69) is 51.4 Å². The van der Waals surface area contributed by atoms with Gasteiger partial charge in [-0.25, -0.2) is 4.99 Å². The van der Waals surface area contributed by atoms with Gasteiger partial charge in [-0.3, -0.25) is 10.3 Å². The van der Waals surface area contributed by atoms with Gasteiger partial charge in [-0.15, -0.1) is 12.6 Å². The lowest BCUT2D eigenvalue weighted by Crippen LogP contribution is -2.27. The van der Waals surface area contributed by atoms with Crippen LogP contribution in [-0.2, 0) is 6.54 Å². The van der Waals surface area contributed by atoms with E-state index in [1.54, 1.807) is 0 Å². The summed E-state index contributed by atoms with van der Waals surface area (Å²) < 4.78 is 0. The lowest BCUT2D eigenvalue weighted by Gasteiger charge is -2.12. The van der Waals surface area contributed by atoms with Gasteiger partial charge >= 0.3 is 0 Å². The van der Waals surface area contributed by atoms with Crippen LogP contribution < -0.4 is 16.4 Å². The van der Waals surface area contributed by atoms with E-state index in [9.17, 15) is 0 Å². The third-order valence-electron chi connectivity index (χ3n) is 5.66. The standard InChI is InChI=1S/C19H18N6.C12H10S/c1-13-10-18(16-4-2-3-5-17(16)24-13)25-19(23-12-20)22-11-14-6-8-15(21)9-7-14;13-12-9-5-4-8-11(12)10-6-2-1-3-7-10/h2-10H,11,21H2,1H3,(H2,22,23,24,25);1-9,13H. The number of aryl methyl sites for hydroxylation is 1. The summed E-state index contributed by atoms with van der Waals surface area (Å²) in [5.41, 5.74) is 12.4. The Morgan fingerprint density at radius 2 is 1.61 bits per heavy atom. The number of nitrogens with two attached hydrogens (primary N) is 1. The van der Waals surface area contributed by atoms with Crippen molar-refractivity contribution in [2.24, 2.45) is 4.99 Å². The molecule has 0 aliphatic carbocycles. The number of aliphatic imine (C=N–C) groups is 1. The van der Waals surface area contributed by atoms with Crippen LogP contribution in [0.1, 0.15) is 11.3 Å². The van der Waals surface area contributed by atoms with Gasteiger partial charge in [0.1, 0.15) is 0 Å². The average Bonchev–Trinajstić information content (AvgIpc) is 2.94. The Morgan fingerprint density at radius 1 is 0.921 bits per heavy atom. The molecule has 1 aromatic heterocycles. The Bertz CT molecular complexity index is 1570. The average molecular weight is 517 g/mol. The number of hydrogen-bond acceptors (Lipinski definition) is 5. The molecule has 5 rings (SSSR count). The molecule has 0 bridgehead atoms. The summed E-state index contributed by atoms with van der Waals surface area (Å²) in [4.78, 5) is 9.99. The highest BCUT2D eigenvalue weighted by Gasteiger charge is 2.06. The van der Waals surface area contributed by atoms with Crippen molar-refractivity contribution in [3.63, 3.8) is 0 Å². The summed E-state index contributed by atoms with van der Waals surface area (Å²) in [6, 6.07) is 35.6. The minimum absolute atomic E-state index is 0.384. The lowest BCUT2D eigenvalue weighted by atomic mass is 10.1. The summed E-state index contributed by atoms with van der Waals surface area (Å²) in [6.07, 6.45) is 1.92. The van der Waals surface area contributed by atoms with Crippen LogP contribution in [0.4, 0.5) is 11.4 Å². The number of nitrogens with one attached hydrogen (secondary N) is 2. The first-order valence-corrected chi connectivity index (χ1v) is 12.5. The van der Waals surface area contributed by atoms with Crippen molar-refractivity contribution in [3.8, 4) is 17.3 Å². The summed E-state index contributed by atoms with van der Waals surface area (Å²) in [5.74, 6) is 0.384. The number of fused-ring (bicyclic) bond motifs is 1. The molecule has 0 unspecified atom stereocenters. The molecular formula is C31H28N6S. The molecule has 7 heteroatoms. The molecule has 4 aromatic carbocycles. The van der Waals surface area contributed by atoms with Crippen LogP contribution in [0.2, 0.25) is 0 Å². The molecule has 0 saturated heterocycles. The Labute approximate surface area is 228 Å². The molecule has 4 N–H and O–H groups in total. The van der Waals surface area contributed by atoms with Crippen LogP contribution in [0.15, 0.2) is 119 Å². The van der Waals surface area contributed by atoms with Crippen LogP contribution in [0, 0.1) is 18.4 Å². The molecule has 0 spiro atoms. The fourth-order valence-corrected chi connectivity index (χ4v) is 4.12. The molecule has 0 fully saturated rings. The predicted octanol–water partition coefficient (Wildman–Crippen LogP) is 6.81. The zero-order chi connectivity index (χ0) is 26.7. The van der Waals surface area contributed by atoms with E-state index in [-0.39, 0.29) is 0 Å². The molecule has 0 aliphatic heterocycles. The number of hydrogen-bond donors (Lipinski definition) is 4. The summed E-state index contributed by atoms with van der Waals surface area (Å²) in [7, 11) is 0. The maximum atomic E-state index is 9.01. The number of rotatable bonds is 4. The molecule has 0 radical (unpaired) electrons. The number of benzene rings is 4. The Balaban J connectivity index is 0.000000216. The van der Waals surface area contributed by atoms with Crippen molar-refractivity contribution in [1.29, 1.82) is 5.26 Å². The molecule has 0 aliphatic rings. The van der Waals surface area contributed by atoms with Crippen LogP contribution in [0.5, 0.6) is 0 Å². The van der Waals surface area contributed by atoms with Gasteiger partial charge in [0.2, 0.25) is 5.96 Å². The summed E-state index contributed by atoms with van der Waals surface area (Å²) in [5, 5.41) is 15.8. The zero-order valence-electron chi connectivity index (χ0n) is 21.0. The SMILES string of the molecule is Cc1cc(NC(=NCc2ccc(N)cc2)NC#N)c2ccccc2n1.Sc1ccccc1-c1ccccc1. The number of nitrogens with zero attached hydrogens (tertiary/aromatic N) is 3. The molecule has 0 saturated carbocycles. The summed E-state index contributed by atoms with van der Waals surface area (Å²) >= 11 is 4.41. The van der Waals surface area contributed by atoms with Gasteiger partial charge in [0.15, 0.2) is 6.19 Å². The van der Waals surface area contributed by atoms with E-state index in [1.807, 2.05) is 104 Å². The fraction of sp³-hybridized carbons (Fsp3) is 0.0645. The molecule has 0 atom stereocenters. The molecule has 1 heterocycles. The minimum atomic E-state index is 0.384. The first-order valence-electron chi connectivity index (χ1n) is 12.0. The van der Waals surface area contributed by atoms with Crippen molar-refractivity contribution in [2.75, 3.05) is 11.1 Å². The van der Waals surface area contributed by atoms with Crippen LogP contribution in [0.3, 0.4) is 0 Å². The van der Waals surface area contributed by atoms with Crippen molar-refractivity contribution >= 4 is 40.9 Å². The van der Waals surface area contributed by atoms with Crippen molar-refractivity contribution in [2.45, 2.75) is 18.4 Å². The zero-order valence-corrected chi connectivity index (χ0v) is 21.9. The first-order chi connectivity index (χ1) is 18.5. The molecule has 0 amide bonds. The van der Waals surface area contributed by atoms with Gasteiger partial charge in [-0.2, -0.15) is 5.26 Å². The third-order valence-corrected chi connectivity index (χ3v) is 6.05. The fourth-order valence-electron chi connectivity index (χ4n) is 3.83. The van der Waals surface area contributed by atoms with E-state index in [1.165, 1.54) is 11.1 Å². The first kappa shape index (κ1) is 26.3. The third kappa shape index (κ3) is 7.12. The van der Waals surface area contributed by atoms with Gasteiger partial charge in [0.05, 0.1) is 17.7 Å². The van der Waals surface area contributed by atoms with E-state index in [0.717, 1.165) is 32.7 Å². The number of thiol groups is 1. The van der Waals surface area contributed by atoms with Crippen LogP contribution >= 0.6 is 12.6 Å². The Hall–Kier alpha value is -4.80. The number of para-hydroxylation sites is 1. The van der Waals surface area contributed by atoms with Gasteiger partial charge in [0.25, 0.3) is 0 Å². The second-order valence-corrected chi connectivity index (χ2v) is 8.96. The maximum Gasteiger partial charge on any atom is 0.209 e. The number of aromatic nitrogens is 1. The maximum absolute atomic E-state index is 9.01. The second-order valence-electron chi connectivity index (χ2n) is 8.48. The van der Waals surface area contributed by atoms with Gasteiger partial charge in [-0.05, 0) is 53.9 Å². The van der Waals surface area contributed by atoms with E-state index < -0.39 is 0 Å². The van der Waals surface area contributed by atoms with Crippen LogP contribution in [0.25, 0.3) is 22.0 Å². The van der Waals surface area contributed by atoms with Crippen molar-refractivity contribution in [3.05, 3.63) is 120 Å². The number of pyridine rings is 1. The van der Waals surface area contributed by atoms with Crippen molar-refractivity contribution < 1.29 is 0 Å². The van der Waals surface area contributed by atoms with E-state index in [0.29, 0.717) is 18.2 Å². The summed E-state index contributed by atoms with van der Waals surface area (Å²) in [6.45, 7) is 2.36. The number of anilines is 2. The second kappa shape index (κ2) is 12.9. The quantitative estimate of drug-likeness (QED) is 0.0525. The highest BCUT2D eigenvalue weighted by Crippen LogP contribution is 2.25. The van der Waals surface area contributed by atoms with Gasteiger partial charge in [-0.1, -0.05) is 78.9 Å². The normalized spacial score (nSPS) is 10.7. The Kier molecular flexibility index (Phi) is 8.95. The molecule has 188 valence electrons. The van der Waals surface area contributed by atoms with E-state index in [4.69, 9.17) is 11.0 Å². The number of guanidine groups is 1. The molecule has 38 heavy (non-hydrogen) atoms. The molecular weight excluding hydrogens is 488 g/mol. The number of nitrogen functional groups attached to an aromatic ring is 1. The van der Waals surface area contributed by atoms with Gasteiger partial charge < -0.3 is 11.1 Å². The Morgan fingerprint density at radius 3 is 2.34 bits per heavy atom.